The predicted molar refractivity (Wildman–Crippen MR) is 80.9 cm³/mol. The Morgan fingerprint density at radius 1 is 1.45 bits per heavy atom. The minimum absolute atomic E-state index is 0.0682. The van der Waals surface area contributed by atoms with Crippen LogP contribution < -0.4 is 4.74 Å². The van der Waals surface area contributed by atoms with E-state index < -0.39 is 11.4 Å². The summed E-state index contributed by atoms with van der Waals surface area (Å²) < 4.78 is 5.63. The normalized spacial score (nSPS) is 21.7. The van der Waals surface area contributed by atoms with Crippen LogP contribution in [0.4, 0.5) is 0 Å². The van der Waals surface area contributed by atoms with Gasteiger partial charge in [0.2, 0.25) is 0 Å². The van der Waals surface area contributed by atoms with Gasteiger partial charge in [0.25, 0.3) is 5.91 Å². The molecule has 2 heterocycles. The Morgan fingerprint density at radius 3 is 2.82 bits per heavy atom. The lowest BCUT2D eigenvalue weighted by Crippen LogP contribution is -2.48. The third-order valence-electron chi connectivity index (χ3n) is 3.84. The monoisotopic (exact) mass is 306 g/mol. The van der Waals surface area contributed by atoms with Gasteiger partial charge >= 0.3 is 5.97 Å². The number of pyridine rings is 1. The molecule has 2 rings (SSSR count). The van der Waals surface area contributed by atoms with Gasteiger partial charge in [0.1, 0.15) is 0 Å². The smallest absolute Gasteiger partial charge is 0.311 e. The molecule has 120 valence electrons. The summed E-state index contributed by atoms with van der Waals surface area (Å²) in [6.07, 6.45) is 2.72. The molecule has 1 N–H and O–H groups in total. The molecular weight excluding hydrogens is 284 g/mol. The number of piperidine rings is 1. The van der Waals surface area contributed by atoms with Crippen LogP contribution in [-0.2, 0) is 4.79 Å². The molecule has 1 aliphatic rings. The molecule has 0 saturated carbocycles. The second-order valence-corrected chi connectivity index (χ2v) is 6.21. The third-order valence-corrected chi connectivity index (χ3v) is 3.84. The summed E-state index contributed by atoms with van der Waals surface area (Å²) in [5.74, 6) is -0.710. The number of amides is 1. The lowest BCUT2D eigenvalue weighted by atomic mass is 9.82. The largest absolute Gasteiger partial charge is 0.489 e. The number of carbonyl (C=O) groups is 2. The predicted octanol–water partition coefficient (Wildman–Crippen LogP) is 2.20. The number of carboxylic acids is 1. The van der Waals surface area contributed by atoms with Gasteiger partial charge < -0.3 is 14.7 Å². The Labute approximate surface area is 130 Å². The number of hydrogen-bond donors (Lipinski definition) is 1. The molecule has 1 amide bonds. The first kappa shape index (κ1) is 16.3. The number of ether oxygens (including phenoxy) is 1. The lowest BCUT2D eigenvalue weighted by Gasteiger charge is -2.37. The van der Waals surface area contributed by atoms with Gasteiger partial charge in [-0.2, -0.15) is 0 Å². The summed E-state index contributed by atoms with van der Waals surface area (Å²) in [5.41, 5.74) is -0.660. The van der Waals surface area contributed by atoms with E-state index in [4.69, 9.17) is 4.74 Å². The molecule has 1 unspecified atom stereocenters. The molecule has 0 spiro atoms. The van der Waals surface area contributed by atoms with Gasteiger partial charge in [0.15, 0.2) is 11.4 Å². The minimum Gasteiger partial charge on any atom is -0.489 e. The summed E-state index contributed by atoms with van der Waals surface area (Å²) in [4.78, 5) is 29.8. The first-order chi connectivity index (χ1) is 10.3. The van der Waals surface area contributed by atoms with Crippen LogP contribution in [0.15, 0.2) is 18.3 Å². The van der Waals surface area contributed by atoms with Crippen molar-refractivity contribution in [2.24, 2.45) is 5.41 Å². The highest BCUT2D eigenvalue weighted by Gasteiger charge is 2.40. The van der Waals surface area contributed by atoms with Crippen LogP contribution in [0, 0.1) is 5.41 Å². The fourth-order valence-corrected chi connectivity index (χ4v) is 2.64. The van der Waals surface area contributed by atoms with Crippen LogP contribution in [0.1, 0.15) is 44.1 Å². The second-order valence-electron chi connectivity index (χ2n) is 6.21. The van der Waals surface area contributed by atoms with Crippen LogP contribution in [0.25, 0.3) is 0 Å². The van der Waals surface area contributed by atoms with Crippen LogP contribution in [0.3, 0.4) is 0 Å². The highest BCUT2D eigenvalue weighted by Crippen LogP contribution is 2.31. The molecule has 1 aromatic heterocycles. The maximum Gasteiger partial charge on any atom is 0.311 e. The Bertz CT molecular complexity index is 573. The Kier molecular flexibility index (Phi) is 4.68. The van der Waals surface area contributed by atoms with Crippen LogP contribution in [0.5, 0.6) is 5.75 Å². The zero-order chi connectivity index (χ0) is 16.3. The van der Waals surface area contributed by atoms with Gasteiger partial charge in [-0.1, -0.05) is 0 Å². The second kappa shape index (κ2) is 6.34. The highest BCUT2D eigenvalue weighted by atomic mass is 16.5. The number of rotatable bonds is 4. The maximum atomic E-state index is 12.7. The highest BCUT2D eigenvalue weighted by molar-refractivity contribution is 5.95. The van der Waals surface area contributed by atoms with Gasteiger partial charge in [-0.25, -0.2) is 4.98 Å². The molecule has 0 aliphatic carbocycles. The molecule has 6 nitrogen and oxygen atoms in total. The number of carboxylic acid groups (broad SMARTS) is 1. The first-order valence-corrected chi connectivity index (χ1v) is 7.48. The van der Waals surface area contributed by atoms with Crippen molar-refractivity contribution in [1.82, 2.24) is 9.88 Å². The molecular formula is C16H22N2O4. The van der Waals surface area contributed by atoms with Crippen molar-refractivity contribution in [3.63, 3.8) is 0 Å². The van der Waals surface area contributed by atoms with E-state index in [1.54, 1.807) is 30.2 Å². The summed E-state index contributed by atoms with van der Waals surface area (Å²) in [7, 11) is 0. The molecule has 22 heavy (non-hydrogen) atoms. The topological polar surface area (TPSA) is 79.7 Å². The standard InChI is InChI=1S/C16H22N2O4/c1-11(2)22-12-6-4-8-17-13(12)14(19)18-9-5-7-16(3,10-18)15(20)21/h4,6,8,11H,5,7,9-10H2,1-3H3,(H,20,21). The molecule has 0 radical (unpaired) electrons. The van der Waals surface area contributed by atoms with Gasteiger partial charge in [-0.3, -0.25) is 9.59 Å². The van der Waals surface area contributed by atoms with Crippen LogP contribution in [0.2, 0.25) is 0 Å². The van der Waals surface area contributed by atoms with Gasteiger partial charge in [-0.15, -0.1) is 0 Å². The number of carbonyl (C=O) groups excluding carboxylic acids is 1. The van der Waals surface area contributed by atoms with E-state index >= 15 is 0 Å². The lowest BCUT2D eigenvalue weighted by molar-refractivity contribution is -0.150. The van der Waals surface area contributed by atoms with Crippen molar-refractivity contribution < 1.29 is 19.4 Å². The summed E-state index contributed by atoms with van der Waals surface area (Å²) in [6.45, 7) is 6.17. The van der Waals surface area contributed by atoms with Crippen molar-refractivity contribution in [3.05, 3.63) is 24.0 Å². The zero-order valence-corrected chi connectivity index (χ0v) is 13.2. The summed E-state index contributed by atoms with van der Waals surface area (Å²) in [6, 6.07) is 3.42. The average molecular weight is 306 g/mol. The SMILES string of the molecule is CC(C)Oc1cccnc1C(=O)N1CCCC(C)(C(=O)O)C1. The average Bonchev–Trinajstić information content (AvgIpc) is 2.46. The first-order valence-electron chi connectivity index (χ1n) is 7.48. The Balaban J connectivity index is 2.23. The van der Waals surface area contributed by atoms with Crippen LogP contribution >= 0.6 is 0 Å². The Hall–Kier alpha value is -2.11. The van der Waals surface area contributed by atoms with Crippen LogP contribution in [-0.4, -0.2) is 46.1 Å². The van der Waals surface area contributed by atoms with Crippen molar-refractivity contribution in [2.45, 2.75) is 39.7 Å². The quantitative estimate of drug-likeness (QED) is 0.922. The van der Waals surface area contributed by atoms with Gasteiger partial charge in [-0.05, 0) is 45.7 Å². The van der Waals surface area contributed by atoms with E-state index in [0.717, 1.165) is 0 Å². The van der Waals surface area contributed by atoms with E-state index in [-0.39, 0.29) is 24.2 Å². The van der Waals surface area contributed by atoms with Crippen molar-refractivity contribution in [2.75, 3.05) is 13.1 Å². The van der Waals surface area contributed by atoms with Crippen molar-refractivity contribution in [1.29, 1.82) is 0 Å². The zero-order valence-electron chi connectivity index (χ0n) is 13.2. The number of hydrogen-bond acceptors (Lipinski definition) is 4. The number of nitrogens with zero attached hydrogens (tertiary/aromatic N) is 2. The number of aromatic nitrogens is 1. The van der Waals surface area contributed by atoms with Crippen molar-refractivity contribution in [3.8, 4) is 5.75 Å². The van der Waals surface area contributed by atoms with Gasteiger partial charge in [0, 0.05) is 19.3 Å². The molecule has 1 aliphatic heterocycles. The number of aliphatic carboxylic acids is 1. The van der Waals surface area contributed by atoms with Gasteiger partial charge in [0.05, 0.1) is 11.5 Å². The third kappa shape index (κ3) is 3.37. The van der Waals surface area contributed by atoms with E-state index in [1.807, 2.05) is 13.8 Å². The molecule has 1 fully saturated rings. The van der Waals surface area contributed by atoms with Crippen molar-refractivity contribution >= 4 is 11.9 Å². The summed E-state index contributed by atoms with van der Waals surface area (Å²) in [5, 5.41) is 9.36. The van der Waals surface area contributed by atoms with E-state index in [0.29, 0.717) is 25.1 Å². The summed E-state index contributed by atoms with van der Waals surface area (Å²) >= 11 is 0. The molecule has 6 heteroatoms. The molecule has 1 saturated heterocycles. The number of likely N-dealkylation sites (tertiary alicyclic amines) is 1. The fraction of sp³-hybridized carbons (Fsp3) is 0.562. The Morgan fingerprint density at radius 2 is 2.18 bits per heavy atom. The minimum atomic E-state index is -0.901. The van der Waals surface area contributed by atoms with E-state index in [1.165, 1.54) is 0 Å². The molecule has 1 aromatic rings. The fourth-order valence-electron chi connectivity index (χ4n) is 2.64. The molecule has 1 atom stereocenters. The maximum absolute atomic E-state index is 12.7. The van der Waals surface area contributed by atoms with E-state index in [2.05, 4.69) is 4.98 Å². The molecule has 0 bridgehead atoms. The molecule has 0 aromatic carbocycles. The van der Waals surface area contributed by atoms with E-state index in [9.17, 15) is 14.7 Å².